The lowest BCUT2D eigenvalue weighted by Crippen LogP contribution is -2.19. The zero-order valence-corrected chi connectivity index (χ0v) is 13.9. The minimum absolute atomic E-state index is 0.0173. The first kappa shape index (κ1) is 17.5. The van der Waals surface area contributed by atoms with Gasteiger partial charge in [-0.05, 0) is 36.4 Å². The molecule has 0 atom stereocenters. The van der Waals surface area contributed by atoms with Gasteiger partial charge >= 0.3 is 5.69 Å². The van der Waals surface area contributed by atoms with E-state index in [4.69, 9.17) is 4.74 Å². The second kappa shape index (κ2) is 7.74. The van der Waals surface area contributed by atoms with E-state index in [1.54, 1.807) is 6.07 Å². The van der Waals surface area contributed by atoms with Crippen LogP contribution in [-0.2, 0) is 4.79 Å². The molecule has 2 aromatic carbocycles. The van der Waals surface area contributed by atoms with Gasteiger partial charge in [0.05, 0.1) is 16.9 Å². The van der Waals surface area contributed by atoms with Crippen molar-refractivity contribution in [1.82, 2.24) is 5.32 Å². The average molecular weight is 374 g/mol. The molecule has 1 aliphatic rings. The molecule has 2 aromatic rings. The average Bonchev–Trinajstić information content (AvgIpc) is 3.03. The molecule has 1 fully saturated rings. The lowest BCUT2D eigenvalue weighted by Gasteiger charge is -2.06. The molecule has 26 heavy (non-hydrogen) atoms. The Labute approximate surface area is 150 Å². The number of benzene rings is 2. The molecule has 0 bridgehead atoms. The maximum absolute atomic E-state index is 12.9. The molecule has 1 saturated heterocycles. The van der Waals surface area contributed by atoms with Gasteiger partial charge in [-0.3, -0.25) is 14.9 Å². The van der Waals surface area contributed by atoms with Crippen LogP contribution in [0.5, 0.6) is 11.5 Å². The summed E-state index contributed by atoms with van der Waals surface area (Å²) in [5.41, 5.74) is 0.163. The molecule has 1 amide bonds. The molecule has 1 heterocycles. The Morgan fingerprint density at radius 3 is 2.69 bits per heavy atom. The summed E-state index contributed by atoms with van der Waals surface area (Å²) in [6.45, 7) is 0. The van der Waals surface area contributed by atoms with E-state index in [-0.39, 0.29) is 28.8 Å². The Hall–Kier alpha value is -3.27. The third-order valence-electron chi connectivity index (χ3n) is 3.16. The van der Waals surface area contributed by atoms with Gasteiger partial charge in [0.1, 0.15) is 11.6 Å². The highest BCUT2D eigenvalue weighted by Crippen LogP contribution is 2.31. The predicted octanol–water partition coefficient (Wildman–Crippen LogP) is 3.08. The van der Waals surface area contributed by atoms with Crippen LogP contribution in [0.1, 0.15) is 5.56 Å². The van der Waals surface area contributed by atoms with Crippen molar-refractivity contribution in [3.63, 3.8) is 0 Å². The monoisotopic (exact) mass is 374 g/mol. The molecule has 8 nitrogen and oxygen atoms in total. The first-order chi connectivity index (χ1) is 12.5. The summed E-state index contributed by atoms with van der Waals surface area (Å²) in [7, 11) is 0. The number of hydrogen-bond acceptors (Lipinski definition) is 7. The molecule has 0 saturated carbocycles. The number of nitrogens with one attached hydrogen (secondary N) is 1. The van der Waals surface area contributed by atoms with Gasteiger partial charge in [-0.15, -0.1) is 5.10 Å². The third kappa shape index (κ3) is 4.42. The topological polar surface area (TPSA) is 106 Å². The van der Waals surface area contributed by atoms with Crippen molar-refractivity contribution in [2.24, 2.45) is 10.2 Å². The van der Waals surface area contributed by atoms with Gasteiger partial charge in [0.15, 0.2) is 5.17 Å². The van der Waals surface area contributed by atoms with E-state index in [0.717, 1.165) is 0 Å². The minimum atomic E-state index is -0.588. The molecule has 132 valence electrons. The van der Waals surface area contributed by atoms with Crippen molar-refractivity contribution < 1.29 is 18.8 Å². The van der Waals surface area contributed by atoms with Crippen LogP contribution >= 0.6 is 11.8 Å². The summed E-state index contributed by atoms with van der Waals surface area (Å²) in [4.78, 5) is 21.7. The number of amidine groups is 1. The summed E-state index contributed by atoms with van der Waals surface area (Å²) in [6, 6.07) is 9.40. The highest BCUT2D eigenvalue weighted by Gasteiger charge is 2.17. The number of hydrogen-bond donors (Lipinski definition) is 1. The SMILES string of the molecule is O=C1CSC(=NN=Cc2ccc(Oc3ccc(F)cc3)c([N+](=O)[O-])c2)N1. The molecule has 0 aromatic heterocycles. The van der Waals surface area contributed by atoms with E-state index in [0.29, 0.717) is 10.7 Å². The molecule has 0 unspecified atom stereocenters. The molecular formula is C16H11FN4O4S. The van der Waals surface area contributed by atoms with Crippen LogP contribution in [-0.4, -0.2) is 28.0 Å². The van der Waals surface area contributed by atoms with Crippen molar-refractivity contribution >= 4 is 34.7 Å². The van der Waals surface area contributed by atoms with Gasteiger partial charge in [0, 0.05) is 11.6 Å². The first-order valence-corrected chi connectivity index (χ1v) is 8.25. The van der Waals surface area contributed by atoms with E-state index in [1.165, 1.54) is 54.4 Å². The highest BCUT2D eigenvalue weighted by atomic mass is 32.2. The fourth-order valence-corrected chi connectivity index (χ4v) is 2.63. The van der Waals surface area contributed by atoms with Crippen LogP contribution in [0.25, 0.3) is 0 Å². The normalized spacial score (nSPS) is 15.4. The largest absolute Gasteiger partial charge is 0.450 e. The second-order valence-corrected chi connectivity index (χ2v) is 5.99. The van der Waals surface area contributed by atoms with Crippen molar-refractivity contribution in [1.29, 1.82) is 0 Å². The lowest BCUT2D eigenvalue weighted by molar-refractivity contribution is -0.385. The number of halogens is 1. The van der Waals surface area contributed by atoms with Crippen molar-refractivity contribution in [2.45, 2.75) is 0 Å². The number of carbonyl (C=O) groups excluding carboxylic acids is 1. The van der Waals surface area contributed by atoms with Gasteiger partial charge in [-0.25, -0.2) is 4.39 Å². The van der Waals surface area contributed by atoms with Crippen LogP contribution < -0.4 is 10.1 Å². The van der Waals surface area contributed by atoms with Gasteiger partial charge < -0.3 is 10.1 Å². The van der Waals surface area contributed by atoms with Crippen molar-refractivity contribution in [3.05, 3.63) is 64.0 Å². The standard InChI is InChI=1S/C16H11FN4O4S/c17-11-2-4-12(5-3-11)25-14-6-1-10(7-13(14)21(23)24)8-18-20-16-19-15(22)9-26-16/h1-8H,9H2,(H,19,20,22). The van der Waals surface area contributed by atoms with Gasteiger partial charge in [-0.1, -0.05) is 11.8 Å². The Bertz CT molecular complexity index is 915. The van der Waals surface area contributed by atoms with Crippen LogP contribution in [0.3, 0.4) is 0 Å². The van der Waals surface area contributed by atoms with E-state index in [1.807, 2.05) is 0 Å². The maximum atomic E-state index is 12.9. The van der Waals surface area contributed by atoms with Crippen LogP contribution in [0.2, 0.25) is 0 Å². The number of thioether (sulfide) groups is 1. The van der Waals surface area contributed by atoms with Crippen LogP contribution in [0.15, 0.2) is 52.7 Å². The summed E-state index contributed by atoms with van der Waals surface area (Å²) in [6.07, 6.45) is 1.33. The Morgan fingerprint density at radius 1 is 1.27 bits per heavy atom. The van der Waals surface area contributed by atoms with E-state index >= 15 is 0 Å². The number of nitro benzene ring substituents is 1. The quantitative estimate of drug-likeness (QED) is 0.492. The first-order valence-electron chi connectivity index (χ1n) is 7.27. The smallest absolute Gasteiger partial charge is 0.312 e. The zero-order valence-electron chi connectivity index (χ0n) is 13.1. The molecule has 10 heteroatoms. The minimum Gasteiger partial charge on any atom is -0.450 e. The van der Waals surface area contributed by atoms with E-state index in [2.05, 4.69) is 15.5 Å². The summed E-state index contributed by atoms with van der Waals surface area (Å²) >= 11 is 1.22. The molecule has 3 rings (SSSR count). The van der Waals surface area contributed by atoms with Crippen LogP contribution in [0, 0.1) is 15.9 Å². The highest BCUT2D eigenvalue weighted by molar-refractivity contribution is 8.15. The molecule has 0 aliphatic carbocycles. The number of rotatable bonds is 5. The number of carbonyl (C=O) groups is 1. The summed E-state index contributed by atoms with van der Waals surface area (Å²) in [5.74, 6) is -0.00608. The number of amides is 1. The van der Waals surface area contributed by atoms with Gasteiger partial charge in [0.2, 0.25) is 11.7 Å². The fourth-order valence-electron chi connectivity index (χ4n) is 2.00. The third-order valence-corrected chi connectivity index (χ3v) is 4.03. The number of nitrogens with zero attached hydrogens (tertiary/aromatic N) is 3. The molecule has 1 aliphatic heterocycles. The van der Waals surface area contributed by atoms with Gasteiger partial charge in [0.25, 0.3) is 0 Å². The van der Waals surface area contributed by atoms with Crippen LogP contribution in [0.4, 0.5) is 10.1 Å². The molecule has 0 spiro atoms. The Balaban J connectivity index is 1.79. The Kier molecular flexibility index (Phi) is 5.23. The molecule has 1 N–H and O–H groups in total. The number of nitro groups is 1. The van der Waals surface area contributed by atoms with E-state index in [9.17, 15) is 19.3 Å². The maximum Gasteiger partial charge on any atom is 0.312 e. The summed E-state index contributed by atoms with van der Waals surface area (Å²) in [5, 5.41) is 21.8. The summed E-state index contributed by atoms with van der Waals surface area (Å²) < 4.78 is 18.4. The van der Waals surface area contributed by atoms with Crippen molar-refractivity contribution in [2.75, 3.05) is 5.75 Å². The van der Waals surface area contributed by atoms with Crippen molar-refractivity contribution in [3.8, 4) is 11.5 Å². The molecular weight excluding hydrogens is 363 g/mol. The second-order valence-electron chi connectivity index (χ2n) is 5.03. The van der Waals surface area contributed by atoms with Gasteiger partial charge in [-0.2, -0.15) is 5.10 Å². The fraction of sp³-hybridized carbons (Fsp3) is 0.0625. The predicted molar refractivity (Wildman–Crippen MR) is 95.2 cm³/mol. The Morgan fingerprint density at radius 2 is 2.04 bits per heavy atom. The molecule has 0 radical (unpaired) electrons. The zero-order chi connectivity index (χ0) is 18.5. The number of ether oxygens (including phenoxy) is 1. The lowest BCUT2D eigenvalue weighted by atomic mass is 10.2. The van der Waals surface area contributed by atoms with E-state index < -0.39 is 10.7 Å².